The average Bonchev–Trinajstić information content (AvgIpc) is 3.08. The molecule has 0 saturated heterocycles. The highest BCUT2D eigenvalue weighted by Crippen LogP contribution is 2.45. The minimum atomic E-state index is 0.316. The van der Waals surface area contributed by atoms with Gasteiger partial charge >= 0.3 is 0 Å². The van der Waals surface area contributed by atoms with Gasteiger partial charge in [0.25, 0.3) is 0 Å². The Morgan fingerprint density at radius 3 is 2.41 bits per heavy atom. The lowest BCUT2D eigenvalue weighted by Gasteiger charge is -2.45. The molecule has 0 atom stereocenters. The summed E-state index contributed by atoms with van der Waals surface area (Å²) in [7, 11) is 0. The number of nitrogens with zero attached hydrogens (tertiary/aromatic N) is 2. The molecule has 0 aromatic rings. The normalized spacial score (nSPS) is 37.9. The van der Waals surface area contributed by atoms with Crippen molar-refractivity contribution < 1.29 is 0 Å². The van der Waals surface area contributed by atoms with E-state index in [0.717, 1.165) is 30.4 Å². The molecule has 3 nitrogen and oxygen atoms in total. The maximum absolute atomic E-state index is 6.10. The van der Waals surface area contributed by atoms with Gasteiger partial charge in [0, 0.05) is 6.04 Å². The molecule has 1 spiro atoms. The van der Waals surface area contributed by atoms with E-state index in [1.165, 1.54) is 38.5 Å². The Morgan fingerprint density at radius 1 is 1.24 bits per heavy atom. The Kier molecular flexibility index (Phi) is 2.60. The van der Waals surface area contributed by atoms with Crippen LogP contribution in [-0.4, -0.2) is 29.0 Å². The van der Waals surface area contributed by atoms with Crippen LogP contribution in [0, 0.1) is 11.8 Å². The first-order valence-electron chi connectivity index (χ1n) is 7.22. The molecule has 0 aromatic heterocycles. The van der Waals surface area contributed by atoms with Crippen molar-refractivity contribution in [1.82, 2.24) is 4.90 Å². The first-order valence-corrected chi connectivity index (χ1v) is 7.22. The molecule has 0 bridgehead atoms. The molecule has 2 fully saturated rings. The standard InChI is InChI=1S/C14H25N3/c1-10(2)11-5-7-14(8-6-11)9-16-13(15)17(14)12-3-4-12/h10-12H,3-9H2,1-2H3,(H2,15,16). The van der Waals surface area contributed by atoms with Gasteiger partial charge in [0.2, 0.25) is 0 Å². The maximum atomic E-state index is 6.10. The third kappa shape index (κ3) is 1.84. The van der Waals surface area contributed by atoms with Gasteiger partial charge in [-0.15, -0.1) is 0 Å². The van der Waals surface area contributed by atoms with Crippen molar-refractivity contribution in [3.8, 4) is 0 Å². The van der Waals surface area contributed by atoms with E-state index in [0.29, 0.717) is 5.54 Å². The molecule has 2 saturated carbocycles. The number of nitrogens with two attached hydrogens (primary N) is 1. The molecule has 0 amide bonds. The molecular formula is C14H25N3. The molecule has 2 aliphatic carbocycles. The van der Waals surface area contributed by atoms with Crippen LogP contribution in [0.3, 0.4) is 0 Å². The lowest BCUT2D eigenvalue weighted by molar-refractivity contribution is 0.0966. The van der Waals surface area contributed by atoms with Crippen molar-refractivity contribution in [1.29, 1.82) is 0 Å². The van der Waals surface area contributed by atoms with Gasteiger partial charge in [-0.05, 0) is 50.4 Å². The van der Waals surface area contributed by atoms with Gasteiger partial charge in [-0.3, -0.25) is 4.99 Å². The summed E-state index contributed by atoms with van der Waals surface area (Å²) in [6.45, 7) is 5.68. The minimum Gasteiger partial charge on any atom is -0.370 e. The summed E-state index contributed by atoms with van der Waals surface area (Å²) in [5.74, 6) is 2.58. The van der Waals surface area contributed by atoms with Gasteiger partial charge in [-0.2, -0.15) is 0 Å². The largest absolute Gasteiger partial charge is 0.370 e. The van der Waals surface area contributed by atoms with Gasteiger partial charge in [-0.25, -0.2) is 0 Å². The van der Waals surface area contributed by atoms with E-state index in [4.69, 9.17) is 5.73 Å². The van der Waals surface area contributed by atoms with Crippen molar-refractivity contribution in [3.05, 3.63) is 0 Å². The highest BCUT2D eigenvalue weighted by atomic mass is 15.4. The number of rotatable bonds is 2. The Bertz CT molecular complexity index is 322. The predicted molar refractivity (Wildman–Crippen MR) is 70.9 cm³/mol. The zero-order chi connectivity index (χ0) is 12.0. The third-order valence-corrected chi connectivity index (χ3v) is 5.11. The number of hydrogen-bond acceptors (Lipinski definition) is 3. The second kappa shape index (κ2) is 3.89. The average molecular weight is 235 g/mol. The van der Waals surface area contributed by atoms with E-state index in [-0.39, 0.29) is 0 Å². The zero-order valence-electron chi connectivity index (χ0n) is 11.2. The summed E-state index contributed by atoms with van der Waals surface area (Å²) in [6, 6.07) is 0.719. The van der Waals surface area contributed by atoms with Crippen LogP contribution in [0.25, 0.3) is 0 Å². The van der Waals surface area contributed by atoms with E-state index in [1.807, 2.05) is 0 Å². The number of guanidine groups is 1. The summed E-state index contributed by atoms with van der Waals surface area (Å²) < 4.78 is 0. The first-order chi connectivity index (χ1) is 8.12. The molecule has 1 heterocycles. The van der Waals surface area contributed by atoms with Gasteiger partial charge in [0.05, 0.1) is 12.1 Å². The predicted octanol–water partition coefficient (Wildman–Crippen LogP) is 2.36. The van der Waals surface area contributed by atoms with Crippen LogP contribution in [0.1, 0.15) is 52.4 Å². The summed E-state index contributed by atoms with van der Waals surface area (Å²) in [6.07, 6.45) is 7.98. The lowest BCUT2D eigenvalue weighted by Crippen LogP contribution is -2.54. The third-order valence-electron chi connectivity index (χ3n) is 5.11. The van der Waals surface area contributed by atoms with E-state index in [1.54, 1.807) is 0 Å². The Hall–Kier alpha value is -0.730. The van der Waals surface area contributed by atoms with Crippen molar-refractivity contribution >= 4 is 5.96 Å². The minimum absolute atomic E-state index is 0.316. The molecule has 17 heavy (non-hydrogen) atoms. The topological polar surface area (TPSA) is 41.6 Å². The summed E-state index contributed by atoms with van der Waals surface area (Å²) >= 11 is 0. The van der Waals surface area contributed by atoms with Gasteiger partial charge < -0.3 is 10.6 Å². The number of hydrogen-bond donors (Lipinski definition) is 1. The lowest BCUT2D eigenvalue weighted by atomic mass is 9.72. The van der Waals surface area contributed by atoms with Crippen LogP contribution in [0.2, 0.25) is 0 Å². The molecule has 0 unspecified atom stereocenters. The molecule has 3 rings (SSSR count). The summed E-state index contributed by atoms with van der Waals surface area (Å²) in [5.41, 5.74) is 6.41. The van der Waals surface area contributed by atoms with E-state index in [9.17, 15) is 0 Å². The fourth-order valence-electron chi connectivity index (χ4n) is 3.77. The maximum Gasteiger partial charge on any atom is 0.192 e. The van der Waals surface area contributed by atoms with Crippen molar-refractivity contribution in [2.75, 3.05) is 6.54 Å². The second-order valence-electron chi connectivity index (χ2n) is 6.58. The summed E-state index contributed by atoms with van der Waals surface area (Å²) in [4.78, 5) is 7.04. The van der Waals surface area contributed by atoms with Crippen molar-refractivity contribution in [3.63, 3.8) is 0 Å². The van der Waals surface area contributed by atoms with Gasteiger partial charge in [0.15, 0.2) is 5.96 Å². The van der Waals surface area contributed by atoms with E-state index in [2.05, 4.69) is 23.7 Å². The highest BCUT2D eigenvalue weighted by molar-refractivity contribution is 5.81. The summed E-state index contributed by atoms with van der Waals surface area (Å²) in [5, 5.41) is 0. The van der Waals surface area contributed by atoms with Crippen LogP contribution in [0.5, 0.6) is 0 Å². The SMILES string of the molecule is CC(C)C1CCC2(CC1)CN=C(N)N2C1CC1. The van der Waals surface area contributed by atoms with Gasteiger partial charge in [0.1, 0.15) is 0 Å². The van der Waals surface area contributed by atoms with Crippen molar-refractivity contribution in [2.45, 2.75) is 64.0 Å². The fourth-order valence-corrected chi connectivity index (χ4v) is 3.77. The molecular weight excluding hydrogens is 210 g/mol. The highest BCUT2D eigenvalue weighted by Gasteiger charge is 2.50. The molecule has 1 aliphatic heterocycles. The molecule has 0 aromatic carbocycles. The number of aliphatic imine (C=N–C) groups is 1. The second-order valence-corrected chi connectivity index (χ2v) is 6.58. The van der Waals surface area contributed by atoms with E-state index < -0.39 is 0 Å². The smallest absolute Gasteiger partial charge is 0.192 e. The zero-order valence-corrected chi connectivity index (χ0v) is 11.2. The molecule has 3 aliphatic rings. The van der Waals surface area contributed by atoms with Crippen molar-refractivity contribution in [2.24, 2.45) is 22.6 Å². The van der Waals surface area contributed by atoms with Crippen LogP contribution >= 0.6 is 0 Å². The van der Waals surface area contributed by atoms with Crippen LogP contribution in [-0.2, 0) is 0 Å². The Morgan fingerprint density at radius 2 is 1.88 bits per heavy atom. The Labute approximate surface area is 104 Å². The van der Waals surface area contributed by atoms with Crippen LogP contribution in [0.4, 0.5) is 0 Å². The van der Waals surface area contributed by atoms with E-state index >= 15 is 0 Å². The molecule has 3 heteroatoms. The first kappa shape index (κ1) is 11.4. The monoisotopic (exact) mass is 235 g/mol. The fraction of sp³-hybridized carbons (Fsp3) is 0.929. The Balaban J connectivity index is 1.71. The quantitative estimate of drug-likeness (QED) is 0.798. The molecule has 96 valence electrons. The molecule has 2 N–H and O–H groups in total. The molecule has 0 radical (unpaired) electrons. The van der Waals surface area contributed by atoms with Gasteiger partial charge in [-0.1, -0.05) is 13.8 Å². The van der Waals surface area contributed by atoms with Crippen LogP contribution < -0.4 is 5.73 Å². The van der Waals surface area contributed by atoms with Crippen LogP contribution in [0.15, 0.2) is 4.99 Å².